The third kappa shape index (κ3) is 2.78. The maximum absolute atomic E-state index is 11.3. The second-order valence-corrected chi connectivity index (χ2v) is 5.17. The SMILES string of the molecule is CC(C)S(=O)(=O)NCc1ncn[nH]1. The summed E-state index contributed by atoms with van der Waals surface area (Å²) in [5, 5.41) is 5.72. The van der Waals surface area contributed by atoms with Gasteiger partial charge in [-0.25, -0.2) is 18.1 Å². The smallest absolute Gasteiger partial charge is 0.214 e. The first kappa shape index (κ1) is 10.1. The van der Waals surface area contributed by atoms with Gasteiger partial charge in [0.2, 0.25) is 10.0 Å². The zero-order chi connectivity index (χ0) is 9.90. The number of hydrogen-bond donors (Lipinski definition) is 2. The molecule has 2 N–H and O–H groups in total. The predicted molar refractivity (Wildman–Crippen MR) is 47.3 cm³/mol. The van der Waals surface area contributed by atoms with Gasteiger partial charge in [0.1, 0.15) is 12.2 Å². The topological polar surface area (TPSA) is 87.7 Å². The van der Waals surface area contributed by atoms with E-state index in [1.807, 2.05) is 0 Å². The molecule has 0 aliphatic carbocycles. The van der Waals surface area contributed by atoms with Crippen molar-refractivity contribution in [2.24, 2.45) is 0 Å². The molecule has 1 aromatic rings. The Hall–Kier alpha value is -0.950. The molecule has 1 aromatic heterocycles. The lowest BCUT2D eigenvalue weighted by Crippen LogP contribution is -2.30. The van der Waals surface area contributed by atoms with E-state index < -0.39 is 15.3 Å². The first-order valence-corrected chi connectivity index (χ1v) is 5.39. The number of rotatable bonds is 4. The Kier molecular flexibility index (Phi) is 2.99. The van der Waals surface area contributed by atoms with Gasteiger partial charge >= 0.3 is 0 Å². The first-order chi connectivity index (χ1) is 6.02. The van der Waals surface area contributed by atoms with Crippen molar-refractivity contribution in [2.45, 2.75) is 25.6 Å². The third-order valence-electron chi connectivity index (χ3n) is 1.53. The molecule has 0 fully saturated rings. The molecule has 0 aliphatic rings. The van der Waals surface area contributed by atoms with E-state index in [2.05, 4.69) is 19.9 Å². The van der Waals surface area contributed by atoms with Crippen LogP contribution in [0.25, 0.3) is 0 Å². The molecule has 0 unspecified atom stereocenters. The zero-order valence-corrected chi connectivity index (χ0v) is 8.30. The highest BCUT2D eigenvalue weighted by molar-refractivity contribution is 7.90. The lowest BCUT2D eigenvalue weighted by atomic mass is 10.6. The lowest BCUT2D eigenvalue weighted by molar-refractivity contribution is 0.570. The number of sulfonamides is 1. The average Bonchev–Trinajstić information content (AvgIpc) is 2.52. The largest absolute Gasteiger partial charge is 0.262 e. The Bertz CT molecular complexity index is 343. The van der Waals surface area contributed by atoms with Gasteiger partial charge in [-0.15, -0.1) is 0 Å². The monoisotopic (exact) mass is 204 g/mol. The molecule has 0 amide bonds. The molecule has 1 heterocycles. The molecule has 7 heteroatoms. The van der Waals surface area contributed by atoms with Gasteiger partial charge in [-0.3, -0.25) is 5.10 Å². The van der Waals surface area contributed by atoms with E-state index in [4.69, 9.17) is 0 Å². The fourth-order valence-electron chi connectivity index (χ4n) is 0.652. The minimum absolute atomic E-state index is 0.153. The highest BCUT2D eigenvalue weighted by Crippen LogP contribution is 1.96. The molecule has 0 bridgehead atoms. The van der Waals surface area contributed by atoms with Gasteiger partial charge in [0.05, 0.1) is 11.8 Å². The van der Waals surface area contributed by atoms with Crippen LogP contribution in [-0.4, -0.2) is 28.8 Å². The summed E-state index contributed by atoms with van der Waals surface area (Å²) in [5.74, 6) is 0.504. The van der Waals surface area contributed by atoms with Crippen molar-refractivity contribution in [2.75, 3.05) is 0 Å². The Balaban J connectivity index is 2.53. The van der Waals surface area contributed by atoms with Crippen LogP contribution in [0.4, 0.5) is 0 Å². The minimum Gasteiger partial charge on any atom is -0.262 e. The van der Waals surface area contributed by atoms with Crippen LogP contribution in [0.1, 0.15) is 19.7 Å². The second-order valence-electron chi connectivity index (χ2n) is 2.85. The Morgan fingerprint density at radius 3 is 2.77 bits per heavy atom. The van der Waals surface area contributed by atoms with Crippen molar-refractivity contribution in [3.8, 4) is 0 Å². The number of H-pyrrole nitrogens is 1. The summed E-state index contributed by atoms with van der Waals surface area (Å²) in [6, 6.07) is 0. The highest BCUT2D eigenvalue weighted by Gasteiger charge is 2.15. The van der Waals surface area contributed by atoms with Gasteiger partial charge in [0.15, 0.2) is 0 Å². The number of nitrogens with zero attached hydrogens (tertiary/aromatic N) is 2. The Morgan fingerprint density at radius 2 is 2.31 bits per heavy atom. The molecule has 0 atom stereocenters. The van der Waals surface area contributed by atoms with Crippen LogP contribution >= 0.6 is 0 Å². The zero-order valence-electron chi connectivity index (χ0n) is 7.48. The van der Waals surface area contributed by atoms with E-state index in [9.17, 15) is 8.42 Å². The lowest BCUT2D eigenvalue weighted by Gasteiger charge is -2.07. The predicted octanol–water partition coefficient (Wildman–Crippen LogP) is -0.368. The van der Waals surface area contributed by atoms with Crippen LogP contribution in [0.3, 0.4) is 0 Å². The molecule has 1 rings (SSSR count). The van der Waals surface area contributed by atoms with Crippen LogP contribution in [0.15, 0.2) is 6.33 Å². The summed E-state index contributed by atoms with van der Waals surface area (Å²) in [6.07, 6.45) is 1.33. The number of nitrogens with one attached hydrogen (secondary N) is 2. The molecule has 0 spiro atoms. The Morgan fingerprint density at radius 1 is 1.62 bits per heavy atom. The first-order valence-electron chi connectivity index (χ1n) is 3.85. The molecular formula is C6H12N4O2S. The van der Waals surface area contributed by atoms with E-state index in [0.29, 0.717) is 5.82 Å². The molecule has 74 valence electrons. The normalized spacial score (nSPS) is 12.2. The van der Waals surface area contributed by atoms with Crippen LogP contribution in [0.2, 0.25) is 0 Å². The fourth-order valence-corrected chi connectivity index (χ4v) is 1.32. The molecule has 6 nitrogen and oxygen atoms in total. The van der Waals surface area contributed by atoms with Gasteiger partial charge in [0.25, 0.3) is 0 Å². The summed E-state index contributed by atoms with van der Waals surface area (Å²) in [4.78, 5) is 3.79. The van der Waals surface area contributed by atoms with Crippen LogP contribution in [0, 0.1) is 0 Å². The fraction of sp³-hybridized carbons (Fsp3) is 0.667. The van der Waals surface area contributed by atoms with Gasteiger partial charge in [-0.1, -0.05) is 0 Å². The minimum atomic E-state index is -3.21. The number of aromatic nitrogens is 3. The number of aromatic amines is 1. The van der Waals surface area contributed by atoms with Gasteiger partial charge in [0, 0.05) is 0 Å². The summed E-state index contributed by atoms with van der Waals surface area (Å²) >= 11 is 0. The maximum atomic E-state index is 11.3. The molecule has 0 radical (unpaired) electrons. The van der Waals surface area contributed by atoms with E-state index in [-0.39, 0.29) is 6.54 Å². The highest BCUT2D eigenvalue weighted by atomic mass is 32.2. The van der Waals surface area contributed by atoms with Crippen molar-refractivity contribution in [1.29, 1.82) is 0 Å². The molecule has 13 heavy (non-hydrogen) atoms. The van der Waals surface area contributed by atoms with E-state index in [1.165, 1.54) is 6.33 Å². The molecule has 0 saturated carbocycles. The van der Waals surface area contributed by atoms with Crippen molar-refractivity contribution >= 4 is 10.0 Å². The van der Waals surface area contributed by atoms with Crippen LogP contribution in [0.5, 0.6) is 0 Å². The van der Waals surface area contributed by atoms with Gasteiger partial charge < -0.3 is 0 Å². The average molecular weight is 204 g/mol. The Labute approximate surface area is 76.8 Å². The van der Waals surface area contributed by atoms with Gasteiger partial charge in [-0.05, 0) is 13.8 Å². The maximum Gasteiger partial charge on any atom is 0.214 e. The standard InChI is InChI=1S/C6H12N4O2S/c1-5(2)13(11,12)9-3-6-7-4-8-10-6/h4-5,9H,3H2,1-2H3,(H,7,8,10). The van der Waals surface area contributed by atoms with Crippen molar-refractivity contribution in [3.05, 3.63) is 12.2 Å². The van der Waals surface area contributed by atoms with E-state index in [0.717, 1.165) is 0 Å². The quantitative estimate of drug-likeness (QED) is 0.700. The summed E-state index contributed by atoms with van der Waals surface area (Å²) in [7, 11) is -3.21. The number of hydrogen-bond acceptors (Lipinski definition) is 4. The molecule has 0 aliphatic heterocycles. The van der Waals surface area contributed by atoms with E-state index >= 15 is 0 Å². The van der Waals surface area contributed by atoms with Crippen molar-refractivity contribution in [3.63, 3.8) is 0 Å². The summed E-state index contributed by atoms with van der Waals surface area (Å²) < 4.78 is 24.9. The summed E-state index contributed by atoms with van der Waals surface area (Å²) in [6.45, 7) is 3.38. The third-order valence-corrected chi connectivity index (χ3v) is 3.31. The van der Waals surface area contributed by atoms with Crippen molar-refractivity contribution in [1.82, 2.24) is 19.9 Å². The van der Waals surface area contributed by atoms with E-state index in [1.54, 1.807) is 13.8 Å². The molecule has 0 aromatic carbocycles. The van der Waals surface area contributed by atoms with Crippen molar-refractivity contribution < 1.29 is 8.42 Å². The molecular weight excluding hydrogens is 192 g/mol. The summed E-state index contributed by atoms with van der Waals surface area (Å²) in [5.41, 5.74) is 0. The van der Waals surface area contributed by atoms with Crippen LogP contribution < -0.4 is 4.72 Å². The van der Waals surface area contributed by atoms with Gasteiger partial charge in [-0.2, -0.15) is 5.10 Å². The van der Waals surface area contributed by atoms with Crippen LogP contribution in [-0.2, 0) is 16.6 Å². The molecule has 0 saturated heterocycles. The second kappa shape index (κ2) is 3.84.